The van der Waals surface area contributed by atoms with Crippen LogP contribution in [0.3, 0.4) is 0 Å². The summed E-state index contributed by atoms with van der Waals surface area (Å²) in [7, 11) is 3.58. The fraction of sp³-hybridized carbons (Fsp3) is 0.421. The molecule has 7 heteroatoms. The van der Waals surface area contributed by atoms with Crippen LogP contribution in [0.25, 0.3) is 11.3 Å². The molecule has 0 spiro atoms. The van der Waals surface area contributed by atoms with Crippen molar-refractivity contribution in [1.82, 2.24) is 20.1 Å². The highest BCUT2D eigenvalue weighted by Crippen LogP contribution is 2.21. The van der Waals surface area contributed by atoms with E-state index >= 15 is 0 Å². The van der Waals surface area contributed by atoms with Crippen LogP contribution in [0, 0.1) is 5.92 Å². The van der Waals surface area contributed by atoms with E-state index in [4.69, 9.17) is 0 Å². The number of aromatic nitrogens is 1. The van der Waals surface area contributed by atoms with Gasteiger partial charge in [0.15, 0.2) is 0 Å². The molecule has 1 unspecified atom stereocenters. The molecule has 1 atom stereocenters. The number of carbonyl (C=O) groups excluding carboxylic acids is 2. The van der Waals surface area contributed by atoms with Crippen LogP contribution in [0.1, 0.15) is 11.4 Å². The smallest absolute Gasteiger partial charge is 0.317 e. The molecule has 0 aliphatic carbocycles. The summed E-state index contributed by atoms with van der Waals surface area (Å²) < 4.78 is 0. The Balaban J connectivity index is 1.42. The van der Waals surface area contributed by atoms with Gasteiger partial charge in [-0.25, -0.2) is 9.78 Å². The maximum Gasteiger partial charge on any atom is 0.317 e. The van der Waals surface area contributed by atoms with Gasteiger partial charge in [0.05, 0.1) is 10.7 Å². The molecular weight excluding hydrogens is 348 g/mol. The van der Waals surface area contributed by atoms with Gasteiger partial charge >= 0.3 is 6.03 Å². The highest BCUT2D eigenvalue weighted by atomic mass is 32.1. The lowest BCUT2D eigenvalue weighted by Gasteiger charge is -2.21. The Morgan fingerprint density at radius 1 is 1.38 bits per heavy atom. The zero-order valence-corrected chi connectivity index (χ0v) is 16.0. The third-order valence-corrected chi connectivity index (χ3v) is 5.44. The molecule has 1 aliphatic rings. The standard InChI is InChI=1S/C19H24N4O2S/c1-22-11-14(10-18(22)24)12-23(2)19(25)20-9-8-17-21-16(13-26-17)15-6-4-3-5-7-15/h3-7,13-14H,8-12H2,1-2H3,(H,20,25). The van der Waals surface area contributed by atoms with E-state index in [1.807, 2.05) is 35.7 Å². The summed E-state index contributed by atoms with van der Waals surface area (Å²) in [6.45, 7) is 1.86. The molecule has 0 saturated carbocycles. The number of amides is 3. The second-order valence-corrected chi connectivity index (χ2v) is 7.64. The van der Waals surface area contributed by atoms with Crippen molar-refractivity contribution >= 4 is 23.3 Å². The summed E-state index contributed by atoms with van der Waals surface area (Å²) in [6, 6.07) is 9.97. The maximum absolute atomic E-state index is 12.2. The van der Waals surface area contributed by atoms with Crippen molar-refractivity contribution in [2.75, 3.05) is 33.7 Å². The summed E-state index contributed by atoms with van der Waals surface area (Å²) >= 11 is 1.61. The van der Waals surface area contributed by atoms with Crippen molar-refractivity contribution in [3.8, 4) is 11.3 Å². The Morgan fingerprint density at radius 2 is 2.15 bits per heavy atom. The number of rotatable bonds is 6. The van der Waals surface area contributed by atoms with Crippen molar-refractivity contribution < 1.29 is 9.59 Å². The monoisotopic (exact) mass is 372 g/mol. The summed E-state index contributed by atoms with van der Waals surface area (Å²) in [5, 5.41) is 5.99. The number of hydrogen-bond donors (Lipinski definition) is 1. The molecule has 0 bridgehead atoms. The van der Waals surface area contributed by atoms with E-state index < -0.39 is 0 Å². The first-order chi connectivity index (χ1) is 12.5. The Morgan fingerprint density at radius 3 is 2.85 bits per heavy atom. The van der Waals surface area contributed by atoms with Crippen LogP contribution in [-0.4, -0.2) is 60.5 Å². The molecule has 1 saturated heterocycles. The highest BCUT2D eigenvalue weighted by Gasteiger charge is 2.28. The molecule has 6 nitrogen and oxygen atoms in total. The van der Waals surface area contributed by atoms with Crippen LogP contribution in [0.4, 0.5) is 4.79 Å². The quantitative estimate of drug-likeness (QED) is 0.847. The fourth-order valence-corrected chi connectivity index (χ4v) is 3.93. The van der Waals surface area contributed by atoms with E-state index in [-0.39, 0.29) is 17.9 Å². The van der Waals surface area contributed by atoms with Gasteiger partial charge in [-0.05, 0) is 0 Å². The van der Waals surface area contributed by atoms with Crippen LogP contribution in [0.15, 0.2) is 35.7 Å². The number of thiazole rings is 1. The minimum Gasteiger partial charge on any atom is -0.345 e. The van der Waals surface area contributed by atoms with E-state index in [0.717, 1.165) is 22.8 Å². The van der Waals surface area contributed by atoms with E-state index in [2.05, 4.69) is 10.3 Å². The molecular formula is C19H24N4O2S. The summed E-state index contributed by atoms with van der Waals surface area (Å²) in [4.78, 5) is 31.8. The van der Waals surface area contributed by atoms with E-state index in [9.17, 15) is 9.59 Å². The summed E-state index contributed by atoms with van der Waals surface area (Å²) in [5.74, 6) is 0.373. The zero-order valence-electron chi connectivity index (χ0n) is 15.1. The maximum atomic E-state index is 12.2. The van der Waals surface area contributed by atoms with Gasteiger partial charge in [0.1, 0.15) is 0 Å². The molecule has 1 aromatic heterocycles. The molecule has 0 radical (unpaired) electrons. The first kappa shape index (κ1) is 18.4. The van der Waals surface area contributed by atoms with Crippen molar-refractivity contribution in [2.45, 2.75) is 12.8 Å². The topological polar surface area (TPSA) is 65.5 Å². The Kier molecular flexibility index (Phi) is 5.88. The first-order valence-electron chi connectivity index (χ1n) is 8.75. The lowest BCUT2D eigenvalue weighted by Crippen LogP contribution is -2.41. The first-order valence-corrected chi connectivity index (χ1v) is 9.63. The third-order valence-electron chi connectivity index (χ3n) is 4.54. The number of urea groups is 1. The number of carbonyl (C=O) groups is 2. The number of likely N-dealkylation sites (tertiary alicyclic amines) is 1. The molecule has 26 heavy (non-hydrogen) atoms. The predicted molar refractivity (Wildman–Crippen MR) is 103 cm³/mol. The molecule has 3 rings (SSSR count). The SMILES string of the molecule is CN1CC(CN(C)C(=O)NCCc2nc(-c3ccccc3)cs2)CC1=O. The van der Waals surface area contributed by atoms with Crippen LogP contribution >= 0.6 is 11.3 Å². The van der Waals surface area contributed by atoms with Gasteiger partial charge in [-0.3, -0.25) is 4.79 Å². The number of benzene rings is 1. The van der Waals surface area contributed by atoms with Crippen molar-refractivity contribution in [3.05, 3.63) is 40.7 Å². The largest absolute Gasteiger partial charge is 0.345 e. The number of hydrogen-bond acceptors (Lipinski definition) is 4. The average Bonchev–Trinajstić information content (AvgIpc) is 3.22. The Labute approximate surface area is 157 Å². The second-order valence-electron chi connectivity index (χ2n) is 6.70. The lowest BCUT2D eigenvalue weighted by atomic mass is 10.1. The summed E-state index contributed by atoms with van der Waals surface area (Å²) in [6.07, 6.45) is 1.23. The fourth-order valence-electron chi connectivity index (χ4n) is 3.13. The Hall–Kier alpha value is -2.41. The molecule has 1 aliphatic heterocycles. The van der Waals surface area contributed by atoms with E-state index in [1.54, 1.807) is 35.2 Å². The third kappa shape index (κ3) is 4.60. The minimum absolute atomic E-state index is 0.105. The number of nitrogens with zero attached hydrogens (tertiary/aromatic N) is 3. The Bertz CT molecular complexity index is 762. The average molecular weight is 372 g/mol. The van der Waals surface area contributed by atoms with Crippen LogP contribution < -0.4 is 5.32 Å². The van der Waals surface area contributed by atoms with Gasteiger partial charge < -0.3 is 15.1 Å². The van der Waals surface area contributed by atoms with E-state index in [0.29, 0.717) is 25.9 Å². The van der Waals surface area contributed by atoms with Gasteiger partial charge in [-0.15, -0.1) is 11.3 Å². The number of nitrogens with one attached hydrogen (secondary N) is 1. The minimum atomic E-state index is -0.105. The molecule has 1 fully saturated rings. The molecule has 2 aromatic rings. The predicted octanol–water partition coefficient (Wildman–Crippen LogP) is 2.47. The molecule has 3 amide bonds. The second kappa shape index (κ2) is 8.31. The summed E-state index contributed by atoms with van der Waals surface area (Å²) in [5.41, 5.74) is 2.08. The van der Waals surface area contributed by atoms with Gasteiger partial charge in [0.2, 0.25) is 5.91 Å². The molecule has 2 heterocycles. The van der Waals surface area contributed by atoms with Crippen LogP contribution in [0.2, 0.25) is 0 Å². The normalized spacial score (nSPS) is 16.8. The molecule has 138 valence electrons. The highest BCUT2D eigenvalue weighted by molar-refractivity contribution is 7.09. The molecule has 1 N–H and O–H groups in total. The lowest BCUT2D eigenvalue weighted by molar-refractivity contribution is -0.126. The van der Waals surface area contributed by atoms with Crippen LogP contribution in [0.5, 0.6) is 0 Å². The van der Waals surface area contributed by atoms with Crippen molar-refractivity contribution in [1.29, 1.82) is 0 Å². The van der Waals surface area contributed by atoms with Gasteiger partial charge in [-0.2, -0.15) is 0 Å². The van der Waals surface area contributed by atoms with Gasteiger partial charge in [0.25, 0.3) is 0 Å². The zero-order chi connectivity index (χ0) is 18.5. The van der Waals surface area contributed by atoms with Crippen LogP contribution in [-0.2, 0) is 11.2 Å². The van der Waals surface area contributed by atoms with E-state index in [1.165, 1.54) is 0 Å². The van der Waals surface area contributed by atoms with Crippen molar-refractivity contribution in [2.24, 2.45) is 5.92 Å². The van der Waals surface area contributed by atoms with Crippen molar-refractivity contribution in [3.63, 3.8) is 0 Å². The van der Waals surface area contributed by atoms with Gasteiger partial charge in [0, 0.05) is 63.4 Å². The molecule has 1 aromatic carbocycles. The van der Waals surface area contributed by atoms with Gasteiger partial charge in [-0.1, -0.05) is 30.3 Å².